The van der Waals surface area contributed by atoms with E-state index in [1.807, 2.05) is 5.32 Å². The standard InChI is InChI=1S/C12H20N4O8S/c17-10(14-23-7-12(19)3-4-13-6-12)9-2-1-8-5-15(9)11(18)16(8)24-25(20,21)22/h8-9,13,19H,1-7H2,(H,14,17)(H,20,21,22)/p+1/t8-,9+,12?/m1/s1. The van der Waals surface area contributed by atoms with Gasteiger partial charge < -0.3 is 15.3 Å². The summed E-state index contributed by atoms with van der Waals surface area (Å²) < 4.78 is 34.7. The van der Waals surface area contributed by atoms with Crippen LogP contribution in [0.25, 0.3) is 0 Å². The Kier molecular flexibility index (Phi) is 4.87. The summed E-state index contributed by atoms with van der Waals surface area (Å²) in [6.07, 6.45) is 1.17. The molecule has 3 aliphatic rings. The SMILES string of the molecule is O=C(NOCC1(O)CC[NH2+]C1)[C@@H]1CC[C@@H]2CN1C(=O)N2OS(=O)(=O)O. The van der Waals surface area contributed by atoms with Gasteiger partial charge in [-0.3, -0.25) is 14.2 Å². The van der Waals surface area contributed by atoms with Crippen molar-refractivity contribution >= 4 is 22.3 Å². The monoisotopic (exact) mass is 381 g/mol. The Morgan fingerprint density at radius 3 is 2.84 bits per heavy atom. The number of piperidine rings is 1. The molecule has 0 aromatic carbocycles. The number of quaternary nitrogens is 1. The summed E-state index contributed by atoms with van der Waals surface area (Å²) >= 11 is 0. The van der Waals surface area contributed by atoms with Gasteiger partial charge in [-0.1, -0.05) is 0 Å². The molecule has 0 aromatic rings. The highest BCUT2D eigenvalue weighted by Crippen LogP contribution is 2.30. The molecule has 12 nitrogen and oxygen atoms in total. The predicted octanol–water partition coefficient (Wildman–Crippen LogP) is -3.26. The number of fused-ring (bicyclic) bond motifs is 2. The van der Waals surface area contributed by atoms with Gasteiger partial charge in [0.1, 0.15) is 24.8 Å². The average Bonchev–Trinajstić information content (AvgIpc) is 3.05. The third-order valence-electron chi connectivity index (χ3n) is 4.65. The second kappa shape index (κ2) is 6.66. The Morgan fingerprint density at radius 2 is 2.20 bits per heavy atom. The number of urea groups is 1. The summed E-state index contributed by atoms with van der Waals surface area (Å²) in [5, 5.41) is 12.6. The number of nitrogens with one attached hydrogen (secondary N) is 1. The number of carbonyl (C=O) groups is 2. The van der Waals surface area contributed by atoms with Crippen molar-refractivity contribution in [2.24, 2.45) is 0 Å². The number of nitrogens with two attached hydrogens (primary N) is 1. The van der Waals surface area contributed by atoms with Crippen molar-refractivity contribution in [3.8, 4) is 0 Å². The first-order chi connectivity index (χ1) is 11.7. The molecule has 142 valence electrons. The molecule has 13 heteroatoms. The number of hydroxylamine groups is 3. The van der Waals surface area contributed by atoms with Crippen molar-refractivity contribution in [3.63, 3.8) is 0 Å². The molecule has 0 aromatic heterocycles. The van der Waals surface area contributed by atoms with Crippen LogP contribution in [-0.4, -0.2) is 83.9 Å². The topological polar surface area (TPSA) is 162 Å². The minimum Gasteiger partial charge on any atom is -0.381 e. The third kappa shape index (κ3) is 4.02. The van der Waals surface area contributed by atoms with Gasteiger partial charge in [0.2, 0.25) is 0 Å². The van der Waals surface area contributed by atoms with Crippen LogP contribution < -0.4 is 10.8 Å². The number of hydrogen-bond acceptors (Lipinski definition) is 7. The van der Waals surface area contributed by atoms with Crippen LogP contribution in [0.1, 0.15) is 19.3 Å². The smallest absolute Gasteiger partial charge is 0.381 e. The zero-order valence-corrected chi connectivity index (χ0v) is 14.1. The molecule has 5 N–H and O–H groups in total. The maximum absolute atomic E-state index is 12.3. The van der Waals surface area contributed by atoms with Crippen LogP contribution in [-0.2, 0) is 24.3 Å². The van der Waals surface area contributed by atoms with Gasteiger partial charge in [0.05, 0.1) is 12.6 Å². The quantitative estimate of drug-likeness (QED) is 0.275. The lowest BCUT2D eigenvalue weighted by molar-refractivity contribution is -0.641. The molecule has 3 amide bonds. The summed E-state index contributed by atoms with van der Waals surface area (Å²) in [5.74, 6) is -0.564. The molecule has 25 heavy (non-hydrogen) atoms. The molecule has 3 rings (SSSR count). The maximum Gasteiger partial charge on any atom is 0.418 e. The molecule has 3 saturated heterocycles. The first-order valence-corrected chi connectivity index (χ1v) is 9.28. The van der Waals surface area contributed by atoms with Crippen LogP contribution in [0.5, 0.6) is 0 Å². The lowest BCUT2D eigenvalue weighted by atomic mass is 10.0. The molecule has 0 aliphatic carbocycles. The number of aliphatic hydroxyl groups is 1. The van der Waals surface area contributed by atoms with Crippen LogP contribution in [0, 0.1) is 0 Å². The molecule has 2 bridgehead atoms. The van der Waals surface area contributed by atoms with Crippen molar-refractivity contribution in [1.29, 1.82) is 0 Å². The number of rotatable bonds is 6. The molecular formula is C12H21N4O8S+. The van der Waals surface area contributed by atoms with E-state index in [0.29, 0.717) is 24.4 Å². The van der Waals surface area contributed by atoms with Gasteiger partial charge in [0, 0.05) is 13.0 Å². The van der Waals surface area contributed by atoms with Gasteiger partial charge in [-0.25, -0.2) is 10.3 Å². The first kappa shape index (κ1) is 18.3. The van der Waals surface area contributed by atoms with Crippen molar-refractivity contribution in [2.75, 3.05) is 26.2 Å². The minimum absolute atomic E-state index is 0.0590. The molecule has 3 fully saturated rings. The molecule has 0 saturated carbocycles. The zero-order chi connectivity index (χ0) is 18.2. The zero-order valence-electron chi connectivity index (χ0n) is 13.3. The van der Waals surface area contributed by atoms with Gasteiger partial charge in [0.15, 0.2) is 0 Å². The van der Waals surface area contributed by atoms with Crippen LogP contribution in [0.2, 0.25) is 0 Å². The third-order valence-corrected chi connectivity index (χ3v) is 5.00. The number of carbonyl (C=O) groups excluding carboxylic acids is 2. The largest absolute Gasteiger partial charge is 0.418 e. The summed E-state index contributed by atoms with van der Waals surface area (Å²) in [6.45, 7) is 1.31. The lowest BCUT2D eigenvalue weighted by Crippen LogP contribution is -2.82. The van der Waals surface area contributed by atoms with Crippen molar-refractivity contribution in [2.45, 2.75) is 36.9 Å². The van der Waals surface area contributed by atoms with E-state index in [1.54, 1.807) is 0 Å². The van der Waals surface area contributed by atoms with E-state index in [4.69, 9.17) is 9.39 Å². The predicted molar refractivity (Wildman–Crippen MR) is 78.7 cm³/mol. The Labute approximate surface area is 143 Å². The second-order valence-corrected chi connectivity index (χ2v) is 7.53. The maximum atomic E-state index is 12.3. The molecule has 3 heterocycles. The van der Waals surface area contributed by atoms with Crippen molar-refractivity contribution in [1.82, 2.24) is 15.4 Å². The molecule has 3 atom stereocenters. The number of nitrogens with zero attached hydrogens (tertiary/aromatic N) is 2. The fourth-order valence-corrected chi connectivity index (χ4v) is 3.78. The number of hydrogen-bond donors (Lipinski definition) is 4. The highest BCUT2D eigenvalue weighted by atomic mass is 32.3. The van der Waals surface area contributed by atoms with Crippen LogP contribution in [0.4, 0.5) is 4.79 Å². The lowest BCUT2D eigenvalue weighted by Gasteiger charge is -2.29. The molecular weight excluding hydrogens is 360 g/mol. The average molecular weight is 381 g/mol. The normalized spacial score (nSPS) is 32.3. The highest BCUT2D eigenvalue weighted by molar-refractivity contribution is 7.80. The van der Waals surface area contributed by atoms with E-state index in [0.717, 1.165) is 11.4 Å². The molecule has 0 radical (unpaired) electrons. The summed E-state index contributed by atoms with van der Waals surface area (Å²) in [4.78, 5) is 30.7. The van der Waals surface area contributed by atoms with Gasteiger partial charge in [-0.2, -0.15) is 13.5 Å². The fourth-order valence-electron chi connectivity index (χ4n) is 3.39. The van der Waals surface area contributed by atoms with Gasteiger partial charge >= 0.3 is 16.4 Å². The Morgan fingerprint density at radius 1 is 1.44 bits per heavy atom. The Bertz CT molecular complexity index is 650. The van der Waals surface area contributed by atoms with Crippen LogP contribution >= 0.6 is 0 Å². The van der Waals surface area contributed by atoms with Gasteiger partial charge in [0.25, 0.3) is 5.91 Å². The van der Waals surface area contributed by atoms with Gasteiger partial charge in [-0.15, -0.1) is 4.28 Å². The van der Waals surface area contributed by atoms with Crippen molar-refractivity contribution in [3.05, 3.63) is 0 Å². The number of amides is 3. The van der Waals surface area contributed by atoms with E-state index in [9.17, 15) is 23.1 Å². The Hall–Kier alpha value is -1.51. The molecule has 3 aliphatic heterocycles. The van der Waals surface area contributed by atoms with Crippen LogP contribution in [0.15, 0.2) is 0 Å². The van der Waals surface area contributed by atoms with E-state index < -0.39 is 40.0 Å². The van der Waals surface area contributed by atoms with E-state index in [2.05, 4.69) is 9.76 Å². The second-order valence-electron chi connectivity index (χ2n) is 6.52. The summed E-state index contributed by atoms with van der Waals surface area (Å²) in [6, 6.07) is -2.22. The first-order valence-electron chi connectivity index (χ1n) is 7.91. The highest BCUT2D eigenvalue weighted by Gasteiger charge is 2.49. The van der Waals surface area contributed by atoms with Crippen molar-refractivity contribution < 1.29 is 42.1 Å². The molecule has 1 unspecified atom stereocenters. The van der Waals surface area contributed by atoms with E-state index in [1.165, 1.54) is 0 Å². The summed E-state index contributed by atoms with van der Waals surface area (Å²) in [7, 11) is -4.82. The van der Waals surface area contributed by atoms with E-state index >= 15 is 0 Å². The van der Waals surface area contributed by atoms with E-state index in [-0.39, 0.29) is 19.6 Å². The summed E-state index contributed by atoms with van der Waals surface area (Å²) in [5.41, 5.74) is 1.25. The fraction of sp³-hybridized carbons (Fsp3) is 0.833. The Balaban J connectivity index is 1.55. The molecule has 0 spiro atoms. The van der Waals surface area contributed by atoms with Crippen LogP contribution in [0.3, 0.4) is 0 Å². The minimum atomic E-state index is -4.82. The van der Waals surface area contributed by atoms with Gasteiger partial charge in [-0.05, 0) is 12.8 Å².